The van der Waals surface area contributed by atoms with Crippen molar-refractivity contribution in [2.24, 2.45) is 0 Å². The number of carbonyl (C=O) groups is 2. The molecule has 4 rings (SSSR count). The molecule has 0 spiro atoms. The Labute approximate surface area is 181 Å². The van der Waals surface area contributed by atoms with Crippen molar-refractivity contribution >= 4 is 50.9 Å². The number of amides is 2. The largest absolute Gasteiger partial charge is 0.333 e. The summed E-state index contributed by atoms with van der Waals surface area (Å²) in [5.41, 5.74) is 3.53. The maximum Gasteiger partial charge on any atom is 0.234 e. The number of benzene rings is 2. The van der Waals surface area contributed by atoms with Crippen LogP contribution in [0.4, 0.5) is 11.4 Å². The van der Waals surface area contributed by atoms with E-state index in [1.807, 2.05) is 48.5 Å². The van der Waals surface area contributed by atoms with Gasteiger partial charge in [0.25, 0.3) is 0 Å². The number of thioether (sulfide) groups is 1. The van der Waals surface area contributed by atoms with Crippen molar-refractivity contribution in [3.63, 3.8) is 0 Å². The van der Waals surface area contributed by atoms with E-state index in [2.05, 4.69) is 31.2 Å². The van der Waals surface area contributed by atoms with E-state index >= 15 is 0 Å². The lowest BCUT2D eigenvalue weighted by Gasteiger charge is -2.16. The average Bonchev–Trinajstić information content (AvgIpc) is 3.37. The van der Waals surface area contributed by atoms with E-state index in [4.69, 9.17) is 0 Å². The summed E-state index contributed by atoms with van der Waals surface area (Å²) in [5.74, 6) is 0.292. The maximum atomic E-state index is 12.2. The second-order valence-electron chi connectivity index (χ2n) is 6.64. The van der Waals surface area contributed by atoms with Crippen molar-refractivity contribution in [2.45, 2.75) is 18.0 Å². The van der Waals surface area contributed by atoms with Gasteiger partial charge in [0.2, 0.25) is 11.8 Å². The van der Waals surface area contributed by atoms with Crippen molar-refractivity contribution < 1.29 is 9.59 Å². The van der Waals surface area contributed by atoms with Gasteiger partial charge in [0.05, 0.1) is 17.6 Å². The highest BCUT2D eigenvalue weighted by molar-refractivity contribution is 9.10. The summed E-state index contributed by atoms with van der Waals surface area (Å²) in [6.45, 7) is 0.757. The van der Waals surface area contributed by atoms with Gasteiger partial charge in [-0.2, -0.15) is 0 Å². The van der Waals surface area contributed by atoms with Crippen molar-refractivity contribution in [1.29, 1.82) is 0 Å². The smallest absolute Gasteiger partial charge is 0.234 e. The standard InChI is InChI=1S/C21H19BrN4O2S/c22-15-5-3-14(4-6-15)18-12-23-21(25-18)29-13-19(27)24-16-7-9-17(10-8-16)26-11-1-2-20(26)28/h3-10,12H,1-2,11,13H2,(H,23,25)(H,24,27). The predicted molar refractivity (Wildman–Crippen MR) is 119 cm³/mol. The van der Waals surface area contributed by atoms with Crippen LogP contribution in [-0.4, -0.2) is 34.1 Å². The molecule has 6 nitrogen and oxygen atoms in total. The highest BCUT2D eigenvalue weighted by Crippen LogP contribution is 2.25. The number of hydrogen-bond acceptors (Lipinski definition) is 4. The lowest BCUT2D eigenvalue weighted by molar-refractivity contribution is -0.117. The maximum absolute atomic E-state index is 12.2. The molecule has 0 atom stereocenters. The summed E-state index contributed by atoms with van der Waals surface area (Å²) in [6, 6.07) is 15.3. The Bertz CT molecular complexity index is 1020. The van der Waals surface area contributed by atoms with Gasteiger partial charge >= 0.3 is 0 Å². The Balaban J connectivity index is 1.30. The van der Waals surface area contributed by atoms with Crippen LogP contribution in [0.2, 0.25) is 0 Å². The second kappa shape index (κ2) is 8.84. The fourth-order valence-electron chi connectivity index (χ4n) is 3.13. The zero-order valence-electron chi connectivity index (χ0n) is 15.5. The van der Waals surface area contributed by atoms with Crippen LogP contribution in [0.25, 0.3) is 11.3 Å². The van der Waals surface area contributed by atoms with Gasteiger partial charge in [0, 0.05) is 28.8 Å². The van der Waals surface area contributed by atoms with Crippen molar-refractivity contribution in [1.82, 2.24) is 9.97 Å². The van der Waals surface area contributed by atoms with Gasteiger partial charge in [-0.05, 0) is 48.4 Å². The second-order valence-corrected chi connectivity index (χ2v) is 8.52. The van der Waals surface area contributed by atoms with Crippen LogP contribution in [0.15, 0.2) is 64.4 Å². The first-order valence-electron chi connectivity index (χ1n) is 9.22. The van der Waals surface area contributed by atoms with Crippen LogP contribution in [0.3, 0.4) is 0 Å². The molecule has 2 aromatic carbocycles. The molecule has 0 unspecified atom stereocenters. The molecule has 0 radical (unpaired) electrons. The van der Waals surface area contributed by atoms with Gasteiger partial charge in [-0.15, -0.1) is 0 Å². The van der Waals surface area contributed by atoms with E-state index in [0.717, 1.165) is 34.4 Å². The number of halogens is 1. The van der Waals surface area contributed by atoms with Crippen LogP contribution in [0.5, 0.6) is 0 Å². The fraction of sp³-hybridized carbons (Fsp3) is 0.190. The molecule has 8 heteroatoms. The summed E-state index contributed by atoms with van der Waals surface area (Å²) in [5, 5.41) is 3.57. The SMILES string of the molecule is O=C(CSc1ncc(-c2ccc(Br)cc2)[nH]1)Nc1ccc(N2CCCC2=O)cc1. The predicted octanol–water partition coefficient (Wildman–Crippen LogP) is 4.70. The number of imidazole rings is 1. The summed E-state index contributed by atoms with van der Waals surface area (Å²) in [4.78, 5) is 33.4. The molecule has 0 aliphatic carbocycles. The third-order valence-corrected chi connectivity index (χ3v) is 6.00. The molecule has 2 heterocycles. The number of nitrogens with one attached hydrogen (secondary N) is 2. The Kier molecular flexibility index (Phi) is 6.01. The highest BCUT2D eigenvalue weighted by Gasteiger charge is 2.21. The molecule has 29 heavy (non-hydrogen) atoms. The van der Waals surface area contributed by atoms with Crippen molar-refractivity contribution in [3.05, 3.63) is 59.2 Å². The first-order valence-corrected chi connectivity index (χ1v) is 11.0. The number of aromatic nitrogens is 2. The van der Waals surface area contributed by atoms with E-state index in [0.29, 0.717) is 17.3 Å². The molecule has 1 aromatic heterocycles. The van der Waals surface area contributed by atoms with Crippen LogP contribution in [0, 0.1) is 0 Å². The van der Waals surface area contributed by atoms with E-state index in [-0.39, 0.29) is 17.6 Å². The third-order valence-electron chi connectivity index (χ3n) is 4.58. The van der Waals surface area contributed by atoms with Gasteiger partial charge in [-0.25, -0.2) is 4.98 Å². The number of aromatic amines is 1. The number of rotatable bonds is 6. The quantitative estimate of drug-likeness (QED) is 0.511. The Hall–Kier alpha value is -2.58. The normalized spacial score (nSPS) is 13.7. The Morgan fingerprint density at radius 3 is 2.62 bits per heavy atom. The van der Waals surface area contributed by atoms with Gasteiger partial charge in [-0.3, -0.25) is 9.59 Å². The lowest BCUT2D eigenvalue weighted by atomic mass is 10.2. The minimum absolute atomic E-state index is 0.110. The summed E-state index contributed by atoms with van der Waals surface area (Å²) >= 11 is 4.77. The average molecular weight is 471 g/mol. The molecule has 1 saturated heterocycles. The number of hydrogen-bond donors (Lipinski definition) is 2. The minimum atomic E-state index is -0.110. The first-order chi connectivity index (χ1) is 14.1. The molecule has 0 saturated carbocycles. The molecule has 3 aromatic rings. The molecular formula is C21H19BrN4O2S. The summed E-state index contributed by atoms with van der Waals surface area (Å²) in [6.07, 6.45) is 3.26. The van der Waals surface area contributed by atoms with Gasteiger partial charge in [0.15, 0.2) is 5.16 Å². The zero-order valence-corrected chi connectivity index (χ0v) is 17.9. The van der Waals surface area contributed by atoms with E-state index in [1.165, 1.54) is 11.8 Å². The van der Waals surface area contributed by atoms with Gasteiger partial charge in [0.1, 0.15) is 0 Å². The molecular weight excluding hydrogens is 452 g/mol. The number of carbonyl (C=O) groups excluding carboxylic acids is 2. The van der Waals surface area contributed by atoms with Crippen LogP contribution < -0.4 is 10.2 Å². The lowest BCUT2D eigenvalue weighted by Crippen LogP contribution is -2.23. The topological polar surface area (TPSA) is 78.1 Å². The van der Waals surface area contributed by atoms with Crippen molar-refractivity contribution in [2.75, 3.05) is 22.5 Å². The molecule has 2 N–H and O–H groups in total. The summed E-state index contributed by atoms with van der Waals surface area (Å²) in [7, 11) is 0. The minimum Gasteiger partial charge on any atom is -0.333 e. The van der Waals surface area contributed by atoms with Crippen LogP contribution in [0.1, 0.15) is 12.8 Å². The third kappa shape index (κ3) is 4.89. The zero-order chi connectivity index (χ0) is 20.2. The van der Waals surface area contributed by atoms with Gasteiger partial charge < -0.3 is 15.2 Å². The number of nitrogens with zero attached hydrogens (tertiary/aromatic N) is 2. The van der Waals surface area contributed by atoms with E-state index in [1.54, 1.807) is 11.1 Å². The van der Waals surface area contributed by atoms with E-state index in [9.17, 15) is 9.59 Å². The molecule has 0 bridgehead atoms. The Morgan fingerprint density at radius 2 is 1.93 bits per heavy atom. The summed E-state index contributed by atoms with van der Waals surface area (Å²) < 4.78 is 1.02. The first kappa shape index (κ1) is 19.7. The molecule has 148 valence electrons. The molecule has 2 amide bonds. The fourth-order valence-corrected chi connectivity index (χ4v) is 4.04. The van der Waals surface area contributed by atoms with Crippen LogP contribution >= 0.6 is 27.7 Å². The molecule has 1 aliphatic heterocycles. The highest BCUT2D eigenvalue weighted by atomic mass is 79.9. The van der Waals surface area contributed by atoms with Gasteiger partial charge in [-0.1, -0.05) is 39.8 Å². The van der Waals surface area contributed by atoms with E-state index < -0.39 is 0 Å². The molecule has 1 aliphatic rings. The molecule has 1 fully saturated rings. The number of H-pyrrole nitrogens is 1. The Morgan fingerprint density at radius 1 is 1.17 bits per heavy atom. The van der Waals surface area contributed by atoms with Crippen LogP contribution in [-0.2, 0) is 9.59 Å². The van der Waals surface area contributed by atoms with Crippen molar-refractivity contribution in [3.8, 4) is 11.3 Å². The monoisotopic (exact) mass is 470 g/mol. The number of anilines is 2.